The largest absolute Gasteiger partial charge is 0.443 e. The highest BCUT2D eigenvalue weighted by Gasteiger charge is 2.24. The molecule has 20 heavy (non-hydrogen) atoms. The van der Waals surface area contributed by atoms with Crippen LogP contribution in [0.5, 0.6) is 0 Å². The molecular weight excluding hydrogens is 302 g/mol. The minimum atomic E-state index is -3.43. The predicted octanol–water partition coefficient (Wildman–Crippen LogP) is 2.01. The van der Waals surface area contributed by atoms with Gasteiger partial charge >= 0.3 is 6.09 Å². The Labute approximate surface area is 122 Å². The number of carbonyl (C=O) groups is 1. The van der Waals surface area contributed by atoms with Crippen LogP contribution in [-0.2, 0) is 20.3 Å². The van der Waals surface area contributed by atoms with E-state index in [1.54, 1.807) is 34.6 Å². The number of nitrogens with zero attached hydrogens (tertiary/aromatic N) is 2. The van der Waals surface area contributed by atoms with Crippen molar-refractivity contribution >= 4 is 27.3 Å². The smallest absolute Gasteiger partial charge is 0.442 e. The molecule has 7 nitrogen and oxygen atoms in total. The number of amides is 1. The summed E-state index contributed by atoms with van der Waals surface area (Å²) < 4.78 is 20.7. The molecule has 0 aliphatic heterocycles. The van der Waals surface area contributed by atoms with Crippen LogP contribution in [0.1, 0.15) is 39.6 Å². The molecule has 1 atom stereocenters. The molecule has 1 unspecified atom stereocenters. The van der Waals surface area contributed by atoms with E-state index in [0.717, 1.165) is 11.3 Å². The molecule has 1 amide bonds. The van der Waals surface area contributed by atoms with Gasteiger partial charge in [-0.1, -0.05) is 0 Å². The molecule has 0 aromatic carbocycles. The van der Waals surface area contributed by atoms with Gasteiger partial charge in [-0.25, -0.2) is 19.1 Å². The Hall–Kier alpha value is -1.03. The summed E-state index contributed by atoms with van der Waals surface area (Å²) in [4.78, 5) is 15.5. The standard InChI is InChI=1S/C11H19N3O4S2/c1-10(2,3)18-9(15)14-20(12,17)7-6-13-8(19-7)11(4,5)16/h6,16H,1-5H3,(H2,12,14,15,17). The molecule has 9 heteroatoms. The van der Waals surface area contributed by atoms with Crippen LogP contribution in [0.2, 0.25) is 0 Å². The number of carbonyl (C=O) groups excluding carboxylic acids is 1. The van der Waals surface area contributed by atoms with E-state index in [1.165, 1.54) is 6.20 Å². The minimum absolute atomic E-state index is 0.112. The third-order valence-corrected chi connectivity index (χ3v) is 5.07. The van der Waals surface area contributed by atoms with E-state index in [1.807, 2.05) is 0 Å². The Bertz CT molecular complexity index is 616. The molecule has 0 aliphatic rings. The second-order valence-corrected chi connectivity index (χ2v) is 8.73. The average molecular weight is 321 g/mol. The topological polar surface area (TPSA) is 115 Å². The Morgan fingerprint density at radius 2 is 2.00 bits per heavy atom. The van der Waals surface area contributed by atoms with Gasteiger partial charge in [0.25, 0.3) is 0 Å². The van der Waals surface area contributed by atoms with Gasteiger partial charge in [-0.15, -0.1) is 15.7 Å². The van der Waals surface area contributed by atoms with E-state index in [9.17, 15) is 14.1 Å². The Morgan fingerprint density at radius 1 is 1.45 bits per heavy atom. The predicted molar refractivity (Wildman–Crippen MR) is 76.6 cm³/mol. The summed E-state index contributed by atoms with van der Waals surface area (Å²) in [6.45, 7) is 8.07. The van der Waals surface area contributed by atoms with Crippen LogP contribution in [0.4, 0.5) is 4.79 Å². The van der Waals surface area contributed by atoms with Crippen LogP contribution in [0.15, 0.2) is 14.8 Å². The van der Waals surface area contributed by atoms with Gasteiger partial charge in [0.15, 0.2) is 9.92 Å². The Kier molecular flexibility index (Phi) is 4.59. The zero-order valence-corrected chi connectivity index (χ0v) is 13.7. The Morgan fingerprint density at radius 3 is 2.40 bits per heavy atom. The number of nitrogens with two attached hydrogens (primary N) is 1. The monoisotopic (exact) mass is 321 g/mol. The van der Waals surface area contributed by atoms with E-state index in [4.69, 9.17) is 9.88 Å². The van der Waals surface area contributed by atoms with Crippen molar-refractivity contribution in [2.24, 2.45) is 9.50 Å². The minimum Gasteiger partial charge on any atom is -0.442 e. The van der Waals surface area contributed by atoms with E-state index in [2.05, 4.69) is 9.35 Å². The summed E-state index contributed by atoms with van der Waals surface area (Å²) in [7, 11) is -3.43. The number of rotatable bonds is 2. The van der Waals surface area contributed by atoms with Crippen LogP contribution in [0.25, 0.3) is 0 Å². The number of hydrogen-bond donors (Lipinski definition) is 2. The van der Waals surface area contributed by atoms with Crippen LogP contribution in [0, 0.1) is 0 Å². The lowest BCUT2D eigenvalue weighted by atomic mass is 10.2. The maximum atomic E-state index is 12.2. The summed E-state index contributed by atoms with van der Waals surface area (Å²) in [5.41, 5.74) is -1.92. The summed E-state index contributed by atoms with van der Waals surface area (Å²) in [5.74, 6) is 0. The molecule has 1 heterocycles. The van der Waals surface area contributed by atoms with Crippen molar-refractivity contribution in [3.63, 3.8) is 0 Å². The highest BCUT2D eigenvalue weighted by atomic mass is 32.2. The van der Waals surface area contributed by atoms with Crippen molar-refractivity contribution in [3.05, 3.63) is 11.2 Å². The van der Waals surface area contributed by atoms with Crippen LogP contribution in [0.3, 0.4) is 0 Å². The zero-order valence-electron chi connectivity index (χ0n) is 12.0. The molecule has 0 bridgehead atoms. The molecule has 1 rings (SSSR count). The average Bonchev–Trinajstić information content (AvgIpc) is 2.60. The van der Waals surface area contributed by atoms with E-state index < -0.39 is 27.2 Å². The molecule has 1 aromatic rings. The number of hydrogen-bond acceptors (Lipinski definition) is 6. The van der Waals surface area contributed by atoms with Gasteiger partial charge in [0.2, 0.25) is 0 Å². The molecule has 114 valence electrons. The van der Waals surface area contributed by atoms with E-state index >= 15 is 0 Å². The number of thiazole rings is 1. The second-order valence-electron chi connectivity index (χ2n) is 5.68. The molecule has 3 N–H and O–H groups in total. The lowest BCUT2D eigenvalue weighted by Gasteiger charge is -2.17. The van der Waals surface area contributed by atoms with Crippen molar-refractivity contribution in [1.82, 2.24) is 4.98 Å². The quantitative estimate of drug-likeness (QED) is 0.864. The van der Waals surface area contributed by atoms with Gasteiger partial charge in [-0.3, -0.25) is 0 Å². The number of aromatic nitrogens is 1. The van der Waals surface area contributed by atoms with Crippen LogP contribution < -0.4 is 5.14 Å². The summed E-state index contributed by atoms with van der Waals surface area (Å²) in [5, 5.41) is 15.7. The van der Waals surface area contributed by atoms with Crippen molar-refractivity contribution < 1.29 is 18.8 Å². The van der Waals surface area contributed by atoms with E-state index in [0.29, 0.717) is 5.01 Å². The first-order valence-corrected chi connectivity index (χ1v) is 8.17. The normalized spacial score (nSPS) is 15.6. The van der Waals surface area contributed by atoms with Gasteiger partial charge in [-0.05, 0) is 34.6 Å². The highest BCUT2D eigenvalue weighted by molar-refractivity contribution is 7.93. The lowest BCUT2D eigenvalue weighted by molar-refractivity contribution is 0.0607. The van der Waals surface area contributed by atoms with Crippen LogP contribution in [-0.4, -0.2) is 26.0 Å². The van der Waals surface area contributed by atoms with Gasteiger partial charge in [-0.2, -0.15) is 0 Å². The molecule has 0 spiro atoms. The first kappa shape index (κ1) is 17.0. The Balaban J connectivity index is 3.08. The van der Waals surface area contributed by atoms with Crippen molar-refractivity contribution in [2.45, 2.75) is 50.0 Å². The first-order chi connectivity index (χ1) is 8.81. The molecule has 0 saturated carbocycles. The number of aliphatic hydroxyl groups is 1. The van der Waals surface area contributed by atoms with Gasteiger partial charge < -0.3 is 9.84 Å². The maximum absolute atomic E-state index is 12.2. The fourth-order valence-corrected chi connectivity index (χ4v) is 3.14. The van der Waals surface area contributed by atoms with Crippen molar-refractivity contribution in [2.75, 3.05) is 0 Å². The number of ether oxygens (including phenoxy) is 1. The summed E-state index contributed by atoms with van der Waals surface area (Å²) in [6, 6.07) is 0. The second kappa shape index (κ2) is 5.40. The van der Waals surface area contributed by atoms with E-state index in [-0.39, 0.29) is 4.21 Å². The fourth-order valence-electron chi connectivity index (χ4n) is 1.11. The van der Waals surface area contributed by atoms with Crippen LogP contribution >= 0.6 is 11.3 Å². The van der Waals surface area contributed by atoms with Gasteiger partial charge in [0.05, 0.1) is 6.20 Å². The van der Waals surface area contributed by atoms with Crippen molar-refractivity contribution in [3.8, 4) is 0 Å². The molecule has 0 saturated heterocycles. The third kappa shape index (κ3) is 4.82. The molecule has 1 aromatic heterocycles. The van der Waals surface area contributed by atoms with Gasteiger partial charge in [0, 0.05) is 0 Å². The third-order valence-electron chi connectivity index (χ3n) is 1.90. The molecule has 0 radical (unpaired) electrons. The highest BCUT2D eigenvalue weighted by Crippen LogP contribution is 2.27. The fraction of sp³-hybridized carbons (Fsp3) is 0.636. The molecule has 0 aliphatic carbocycles. The summed E-state index contributed by atoms with van der Waals surface area (Å²) >= 11 is 0.944. The SMILES string of the molecule is CC(C)(C)OC(=O)N=S(N)(=O)c1cnc(C(C)(C)O)s1. The zero-order chi connectivity index (χ0) is 15.8. The first-order valence-electron chi connectivity index (χ1n) is 5.78. The van der Waals surface area contributed by atoms with Crippen molar-refractivity contribution in [1.29, 1.82) is 0 Å². The lowest BCUT2D eigenvalue weighted by Crippen LogP contribution is -2.23. The maximum Gasteiger partial charge on any atom is 0.443 e. The molecule has 0 fully saturated rings. The molecular formula is C11H19N3O4S2. The van der Waals surface area contributed by atoms with Gasteiger partial charge in [0.1, 0.15) is 20.4 Å². The summed E-state index contributed by atoms with van der Waals surface area (Å²) in [6.07, 6.45) is 0.247.